The lowest BCUT2D eigenvalue weighted by molar-refractivity contribution is -0.227. The van der Waals surface area contributed by atoms with Gasteiger partial charge in [-0.1, -0.05) is 12.1 Å². The highest BCUT2D eigenvalue weighted by Crippen LogP contribution is 2.45. The molecule has 0 bridgehead atoms. The van der Waals surface area contributed by atoms with Crippen molar-refractivity contribution in [2.75, 3.05) is 13.1 Å². The minimum atomic E-state index is -4.78. The van der Waals surface area contributed by atoms with Crippen molar-refractivity contribution >= 4 is 5.97 Å². The highest BCUT2D eigenvalue weighted by Gasteiger charge is 2.63. The molecule has 2 rings (SSSR count). The molecule has 1 aromatic rings. The van der Waals surface area contributed by atoms with Crippen LogP contribution in [0.1, 0.15) is 31.5 Å². The normalized spacial score (nSPS) is 23.6. The fourth-order valence-corrected chi connectivity index (χ4v) is 2.42. The predicted molar refractivity (Wildman–Crippen MR) is 64.3 cm³/mol. The Morgan fingerprint density at radius 3 is 2.76 bits per heavy atom. The molecule has 0 saturated carbocycles. The number of aromatic nitrogens is 2. The van der Waals surface area contributed by atoms with Crippen LogP contribution in [0.4, 0.5) is 13.2 Å². The van der Waals surface area contributed by atoms with Crippen molar-refractivity contribution < 1.29 is 27.6 Å². The van der Waals surface area contributed by atoms with E-state index in [0.717, 1.165) is 6.42 Å². The van der Waals surface area contributed by atoms with Crippen LogP contribution in [0.15, 0.2) is 4.52 Å². The van der Waals surface area contributed by atoms with Crippen molar-refractivity contribution in [3.05, 3.63) is 11.7 Å². The van der Waals surface area contributed by atoms with Crippen molar-refractivity contribution in [1.29, 1.82) is 0 Å². The largest absolute Gasteiger partial charge is 0.481 e. The number of carboxylic acids is 1. The van der Waals surface area contributed by atoms with Gasteiger partial charge in [0, 0.05) is 19.5 Å². The number of aryl methyl sites for hydroxylation is 1. The summed E-state index contributed by atoms with van der Waals surface area (Å²) in [5, 5.41) is 12.7. The molecule has 21 heavy (non-hydrogen) atoms. The van der Waals surface area contributed by atoms with Gasteiger partial charge >= 0.3 is 12.1 Å². The Labute approximate surface area is 118 Å². The number of carbonyl (C=O) groups is 1. The minimum Gasteiger partial charge on any atom is -0.481 e. The maximum atomic E-state index is 13.0. The lowest BCUT2D eigenvalue weighted by atomic mass is 9.86. The third kappa shape index (κ3) is 3.02. The van der Waals surface area contributed by atoms with E-state index in [-0.39, 0.29) is 18.9 Å². The number of nitrogens with zero attached hydrogens (tertiary/aromatic N) is 3. The maximum absolute atomic E-state index is 13.0. The summed E-state index contributed by atoms with van der Waals surface area (Å²) in [4.78, 5) is 16.5. The second kappa shape index (κ2) is 5.63. The molecule has 0 radical (unpaired) electrons. The Bertz CT molecular complexity index is 517. The molecule has 1 atom stereocenters. The summed E-state index contributed by atoms with van der Waals surface area (Å²) in [7, 11) is 0. The number of aliphatic carboxylic acids is 1. The van der Waals surface area contributed by atoms with E-state index in [1.54, 1.807) is 0 Å². The Balaban J connectivity index is 2.05. The van der Waals surface area contributed by atoms with Crippen LogP contribution in [-0.4, -0.2) is 45.4 Å². The highest BCUT2D eigenvalue weighted by molar-refractivity contribution is 5.76. The van der Waals surface area contributed by atoms with Crippen LogP contribution in [0.5, 0.6) is 0 Å². The first kappa shape index (κ1) is 15.7. The monoisotopic (exact) mass is 307 g/mol. The van der Waals surface area contributed by atoms with Crippen molar-refractivity contribution in [1.82, 2.24) is 15.0 Å². The Morgan fingerprint density at radius 1 is 1.52 bits per heavy atom. The number of hydrogen-bond donors (Lipinski definition) is 1. The molecule has 1 saturated heterocycles. The third-order valence-electron chi connectivity index (χ3n) is 3.64. The van der Waals surface area contributed by atoms with E-state index in [1.165, 1.54) is 4.90 Å². The van der Waals surface area contributed by atoms with E-state index in [9.17, 15) is 18.0 Å². The molecule has 1 N–H and O–H groups in total. The molecule has 1 aromatic heterocycles. The van der Waals surface area contributed by atoms with Crippen molar-refractivity contribution in [3.8, 4) is 0 Å². The van der Waals surface area contributed by atoms with E-state index in [2.05, 4.69) is 10.1 Å². The smallest absolute Gasteiger partial charge is 0.406 e. The van der Waals surface area contributed by atoms with Crippen molar-refractivity contribution in [3.63, 3.8) is 0 Å². The molecule has 0 aromatic carbocycles. The van der Waals surface area contributed by atoms with Crippen LogP contribution >= 0.6 is 0 Å². The summed E-state index contributed by atoms with van der Waals surface area (Å²) in [5.74, 6) is -1.12. The topological polar surface area (TPSA) is 79.5 Å². The zero-order valence-corrected chi connectivity index (χ0v) is 11.5. The zero-order chi connectivity index (χ0) is 15.7. The number of alkyl halides is 3. The molecule has 6 nitrogen and oxygen atoms in total. The summed E-state index contributed by atoms with van der Waals surface area (Å²) in [6.45, 7) is 1.43. The van der Waals surface area contributed by atoms with Gasteiger partial charge in [-0.05, 0) is 12.8 Å². The lowest BCUT2D eigenvalue weighted by Crippen LogP contribution is -2.47. The predicted octanol–water partition coefficient (Wildman–Crippen LogP) is 1.86. The summed E-state index contributed by atoms with van der Waals surface area (Å²) >= 11 is 0. The first-order valence-corrected chi connectivity index (χ1v) is 6.62. The highest BCUT2D eigenvalue weighted by atomic mass is 19.4. The summed E-state index contributed by atoms with van der Waals surface area (Å²) in [5.41, 5.74) is -2.71. The van der Waals surface area contributed by atoms with Gasteiger partial charge in [0.15, 0.2) is 11.2 Å². The average molecular weight is 307 g/mol. The molecular weight excluding hydrogens is 291 g/mol. The fourth-order valence-electron chi connectivity index (χ4n) is 2.42. The van der Waals surface area contributed by atoms with Crippen LogP contribution in [-0.2, 0) is 17.8 Å². The molecule has 9 heteroatoms. The molecule has 0 spiro atoms. The van der Waals surface area contributed by atoms with Crippen LogP contribution in [0.25, 0.3) is 0 Å². The van der Waals surface area contributed by atoms with Gasteiger partial charge in [0.1, 0.15) is 0 Å². The van der Waals surface area contributed by atoms with E-state index >= 15 is 0 Å². The van der Waals surface area contributed by atoms with Crippen LogP contribution in [0.3, 0.4) is 0 Å². The summed E-state index contributed by atoms with van der Waals surface area (Å²) in [6.07, 6.45) is -3.82. The van der Waals surface area contributed by atoms with Crippen LogP contribution in [0, 0.1) is 5.41 Å². The maximum Gasteiger partial charge on any atom is 0.406 e. The number of likely N-dealkylation sites (tertiary alicyclic amines) is 1. The third-order valence-corrected chi connectivity index (χ3v) is 3.64. The van der Waals surface area contributed by atoms with E-state index in [4.69, 9.17) is 9.63 Å². The van der Waals surface area contributed by atoms with Gasteiger partial charge in [-0.25, -0.2) is 0 Å². The zero-order valence-electron chi connectivity index (χ0n) is 11.5. The molecule has 1 aliphatic rings. The van der Waals surface area contributed by atoms with Gasteiger partial charge in [0.25, 0.3) is 0 Å². The summed E-state index contributed by atoms with van der Waals surface area (Å²) < 4.78 is 44.0. The Morgan fingerprint density at radius 2 is 2.24 bits per heavy atom. The van der Waals surface area contributed by atoms with Crippen LogP contribution < -0.4 is 0 Å². The standard InChI is InChI=1S/C12H16F3N3O3/c1-2-3-9-16-8(17-21-9)6-18-5-4-11(7-18,10(19)20)12(13,14)15/h2-7H2,1H3,(H,19,20). The molecule has 2 heterocycles. The first-order chi connectivity index (χ1) is 9.78. The molecule has 1 fully saturated rings. The number of halogens is 3. The van der Waals surface area contributed by atoms with Gasteiger partial charge in [0.05, 0.1) is 6.54 Å². The first-order valence-electron chi connectivity index (χ1n) is 6.62. The second-order valence-corrected chi connectivity index (χ2v) is 5.20. The average Bonchev–Trinajstić information content (AvgIpc) is 2.97. The van der Waals surface area contributed by atoms with Crippen molar-refractivity contribution in [2.45, 2.75) is 38.9 Å². The molecule has 118 valence electrons. The Kier molecular flexibility index (Phi) is 4.22. The number of carboxylic acid groups (broad SMARTS) is 1. The Hall–Kier alpha value is -1.64. The molecule has 0 amide bonds. The van der Waals surface area contributed by atoms with E-state index in [1.807, 2.05) is 6.92 Å². The molecule has 1 aliphatic heterocycles. The molecular formula is C12H16F3N3O3. The quantitative estimate of drug-likeness (QED) is 0.894. The van der Waals surface area contributed by atoms with E-state index in [0.29, 0.717) is 12.3 Å². The van der Waals surface area contributed by atoms with Gasteiger partial charge in [-0.2, -0.15) is 18.2 Å². The lowest BCUT2D eigenvalue weighted by Gasteiger charge is -2.27. The molecule has 0 aliphatic carbocycles. The van der Waals surface area contributed by atoms with Gasteiger partial charge in [-0.15, -0.1) is 0 Å². The number of rotatable bonds is 5. The SMILES string of the molecule is CCCc1nc(CN2CCC(C(=O)O)(C(F)(F)F)C2)no1. The van der Waals surface area contributed by atoms with Gasteiger partial charge < -0.3 is 9.63 Å². The second-order valence-electron chi connectivity index (χ2n) is 5.20. The van der Waals surface area contributed by atoms with Crippen molar-refractivity contribution in [2.24, 2.45) is 5.41 Å². The van der Waals surface area contributed by atoms with E-state index < -0.39 is 30.5 Å². The fraction of sp³-hybridized carbons (Fsp3) is 0.750. The summed E-state index contributed by atoms with van der Waals surface area (Å²) in [6, 6.07) is 0. The van der Waals surface area contributed by atoms with Gasteiger partial charge in [-0.3, -0.25) is 9.69 Å². The number of hydrogen-bond acceptors (Lipinski definition) is 5. The molecule has 1 unspecified atom stereocenters. The minimum absolute atomic E-state index is 0.0312. The van der Waals surface area contributed by atoms with Crippen LogP contribution in [0.2, 0.25) is 0 Å². The van der Waals surface area contributed by atoms with Gasteiger partial charge in [0.2, 0.25) is 5.89 Å².